The smallest absolute Gasteiger partial charge is 0.254 e. The lowest BCUT2D eigenvalue weighted by molar-refractivity contribution is -0.116. The molecule has 6 nitrogen and oxygen atoms in total. The highest BCUT2D eigenvalue weighted by atomic mass is 16.2. The van der Waals surface area contributed by atoms with Crippen LogP contribution in [0.25, 0.3) is 0 Å². The predicted octanol–water partition coefficient (Wildman–Crippen LogP) is 1.61. The molecule has 2 aliphatic rings. The number of hydrogen-bond donors (Lipinski definition) is 2. The van der Waals surface area contributed by atoms with Gasteiger partial charge in [0.2, 0.25) is 5.91 Å². The third-order valence-electron chi connectivity index (χ3n) is 4.88. The van der Waals surface area contributed by atoms with Crippen molar-refractivity contribution < 1.29 is 14.4 Å². The summed E-state index contributed by atoms with van der Waals surface area (Å²) in [6.07, 6.45) is 1.42. The van der Waals surface area contributed by atoms with Crippen LogP contribution in [0.4, 0.5) is 5.69 Å². The van der Waals surface area contributed by atoms with E-state index >= 15 is 0 Å². The molecule has 0 unspecified atom stereocenters. The zero-order valence-electron chi connectivity index (χ0n) is 14.2. The minimum absolute atomic E-state index is 0.00301. The number of hydrogen-bond acceptors (Lipinski definition) is 3. The summed E-state index contributed by atoms with van der Waals surface area (Å²) in [6.45, 7) is 1.09. The van der Waals surface area contributed by atoms with Gasteiger partial charge in [0.15, 0.2) is 0 Å². The Hall–Kier alpha value is -3.15. The lowest BCUT2D eigenvalue weighted by Gasteiger charge is -2.28. The molecule has 0 spiro atoms. The zero-order valence-corrected chi connectivity index (χ0v) is 14.2. The largest absolute Gasteiger partial charge is 0.352 e. The highest BCUT2D eigenvalue weighted by Gasteiger charge is 2.26. The summed E-state index contributed by atoms with van der Waals surface area (Å²) < 4.78 is 0. The maximum atomic E-state index is 12.6. The molecule has 0 aliphatic carbocycles. The third-order valence-corrected chi connectivity index (χ3v) is 4.88. The van der Waals surface area contributed by atoms with E-state index in [-0.39, 0.29) is 24.3 Å². The van der Waals surface area contributed by atoms with Crippen LogP contribution in [0.2, 0.25) is 0 Å². The van der Waals surface area contributed by atoms with Crippen molar-refractivity contribution in [1.29, 1.82) is 0 Å². The van der Waals surface area contributed by atoms with E-state index in [1.807, 2.05) is 18.2 Å². The molecule has 0 radical (unpaired) electrons. The minimum Gasteiger partial charge on any atom is -0.352 e. The van der Waals surface area contributed by atoms with Crippen molar-refractivity contribution in [3.8, 4) is 0 Å². The quantitative estimate of drug-likeness (QED) is 0.884. The van der Waals surface area contributed by atoms with Crippen molar-refractivity contribution in [1.82, 2.24) is 10.2 Å². The number of anilines is 1. The molecule has 0 saturated carbocycles. The summed E-state index contributed by atoms with van der Waals surface area (Å²) in [5.74, 6) is -0.487. The second-order valence-electron chi connectivity index (χ2n) is 6.52. The van der Waals surface area contributed by atoms with Gasteiger partial charge in [0, 0.05) is 29.9 Å². The fraction of sp³-hybridized carbons (Fsp3) is 0.250. The molecule has 6 heteroatoms. The van der Waals surface area contributed by atoms with Gasteiger partial charge in [-0.15, -0.1) is 0 Å². The SMILES string of the molecule is O=C(CN1CCc2ccccc2C1=O)Nc1cccc2c1CCNC2=O. The molecular formula is C20H19N3O3. The number of carbonyl (C=O) groups is 3. The second-order valence-corrected chi connectivity index (χ2v) is 6.52. The van der Waals surface area contributed by atoms with E-state index in [4.69, 9.17) is 0 Å². The van der Waals surface area contributed by atoms with Crippen LogP contribution >= 0.6 is 0 Å². The van der Waals surface area contributed by atoms with Crippen LogP contribution in [-0.4, -0.2) is 42.3 Å². The fourth-order valence-electron chi connectivity index (χ4n) is 3.57. The van der Waals surface area contributed by atoms with Gasteiger partial charge in [-0.25, -0.2) is 0 Å². The van der Waals surface area contributed by atoms with Gasteiger partial charge in [0.1, 0.15) is 6.54 Å². The lowest BCUT2D eigenvalue weighted by atomic mass is 9.98. The molecule has 0 bridgehead atoms. The summed E-state index contributed by atoms with van der Waals surface area (Å²) >= 11 is 0. The summed E-state index contributed by atoms with van der Waals surface area (Å²) in [5, 5.41) is 5.66. The molecule has 4 rings (SSSR count). The molecule has 0 saturated heterocycles. The molecule has 132 valence electrons. The van der Waals surface area contributed by atoms with Gasteiger partial charge in [0.25, 0.3) is 11.8 Å². The molecule has 2 aliphatic heterocycles. The first-order valence-electron chi connectivity index (χ1n) is 8.70. The summed E-state index contributed by atoms with van der Waals surface area (Å²) in [4.78, 5) is 38.6. The van der Waals surface area contributed by atoms with E-state index in [0.29, 0.717) is 36.3 Å². The Morgan fingerprint density at radius 1 is 1.04 bits per heavy atom. The van der Waals surface area contributed by atoms with Crippen LogP contribution < -0.4 is 10.6 Å². The van der Waals surface area contributed by atoms with Crippen molar-refractivity contribution in [3.63, 3.8) is 0 Å². The first-order valence-corrected chi connectivity index (χ1v) is 8.70. The predicted molar refractivity (Wildman–Crippen MR) is 97.2 cm³/mol. The van der Waals surface area contributed by atoms with Crippen LogP contribution in [0, 0.1) is 0 Å². The standard InChI is InChI=1S/C20H19N3O3/c24-18(12-23-11-9-13-4-1-2-5-14(13)20(23)26)22-17-7-3-6-16-15(17)8-10-21-19(16)25/h1-7H,8-12H2,(H,21,25)(H,22,24). The van der Waals surface area contributed by atoms with Gasteiger partial charge in [-0.2, -0.15) is 0 Å². The molecule has 2 heterocycles. The third kappa shape index (κ3) is 2.94. The van der Waals surface area contributed by atoms with Crippen LogP contribution in [0.5, 0.6) is 0 Å². The zero-order chi connectivity index (χ0) is 18.1. The van der Waals surface area contributed by atoms with Crippen molar-refractivity contribution >= 4 is 23.4 Å². The van der Waals surface area contributed by atoms with E-state index < -0.39 is 0 Å². The number of carbonyl (C=O) groups excluding carboxylic acids is 3. The number of fused-ring (bicyclic) bond motifs is 2. The molecule has 2 N–H and O–H groups in total. The van der Waals surface area contributed by atoms with Crippen LogP contribution in [0.1, 0.15) is 31.8 Å². The van der Waals surface area contributed by atoms with Gasteiger partial charge in [-0.3, -0.25) is 14.4 Å². The summed E-state index contributed by atoms with van der Waals surface area (Å²) in [5.41, 5.74) is 3.78. The molecule has 26 heavy (non-hydrogen) atoms. The Bertz CT molecular complexity index is 907. The number of nitrogens with one attached hydrogen (secondary N) is 2. The van der Waals surface area contributed by atoms with Gasteiger partial charge in [0.05, 0.1) is 0 Å². The Labute approximate surface area is 151 Å². The molecule has 0 aromatic heterocycles. The van der Waals surface area contributed by atoms with E-state index in [2.05, 4.69) is 10.6 Å². The van der Waals surface area contributed by atoms with E-state index in [1.54, 1.807) is 29.2 Å². The highest BCUT2D eigenvalue weighted by Crippen LogP contribution is 2.23. The van der Waals surface area contributed by atoms with Crippen molar-refractivity contribution in [2.45, 2.75) is 12.8 Å². The average Bonchev–Trinajstić information content (AvgIpc) is 2.65. The van der Waals surface area contributed by atoms with E-state index in [9.17, 15) is 14.4 Å². The molecular weight excluding hydrogens is 330 g/mol. The van der Waals surface area contributed by atoms with Crippen LogP contribution in [-0.2, 0) is 17.6 Å². The van der Waals surface area contributed by atoms with Gasteiger partial charge >= 0.3 is 0 Å². The van der Waals surface area contributed by atoms with E-state index in [0.717, 1.165) is 17.5 Å². The second kappa shape index (κ2) is 6.63. The maximum Gasteiger partial charge on any atom is 0.254 e. The Morgan fingerprint density at radius 3 is 2.73 bits per heavy atom. The van der Waals surface area contributed by atoms with Crippen molar-refractivity contribution in [3.05, 3.63) is 64.7 Å². The topological polar surface area (TPSA) is 78.5 Å². The summed E-state index contributed by atoms with van der Waals surface area (Å²) in [7, 11) is 0. The van der Waals surface area contributed by atoms with Gasteiger partial charge in [-0.05, 0) is 42.2 Å². The number of rotatable bonds is 3. The number of nitrogens with zero attached hydrogens (tertiary/aromatic N) is 1. The summed E-state index contributed by atoms with van der Waals surface area (Å²) in [6, 6.07) is 12.8. The fourth-order valence-corrected chi connectivity index (χ4v) is 3.57. The Kier molecular flexibility index (Phi) is 4.16. The first-order chi connectivity index (χ1) is 12.6. The van der Waals surface area contributed by atoms with Gasteiger partial charge < -0.3 is 15.5 Å². The number of amides is 3. The first kappa shape index (κ1) is 16.3. The Morgan fingerprint density at radius 2 is 1.85 bits per heavy atom. The molecule has 2 aromatic rings. The molecule has 2 aromatic carbocycles. The maximum absolute atomic E-state index is 12.6. The molecule has 3 amide bonds. The van der Waals surface area contributed by atoms with Crippen molar-refractivity contribution in [2.24, 2.45) is 0 Å². The molecule has 0 atom stereocenters. The lowest BCUT2D eigenvalue weighted by Crippen LogP contribution is -2.42. The minimum atomic E-state index is -0.253. The van der Waals surface area contributed by atoms with E-state index in [1.165, 1.54) is 0 Å². The van der Waals surface area contributed by atoms with Gasteiger partial charge in [-0.1, -0.05) is 24.3 Å². The monoisotopic (exact) mass is 349 g/mol. The van der Waals surface area contributed by atoms with Crippen LogP contribution in [0.3, 0.4) is 0 Å². The number of benzene rings is 2. The Balaban J connectivity index is 1.48. The normalized spacial score (nSPS) is 15.8. The van der Waals surface area contributed by atoms with Crippen LogP contribution in [0.15, 0.2) is 42.5 Å². The molecule has 0 fully saturated rings. The highest BCUT2D eigenvalue weighted by molar-refractivity contribution is 6.03. The van der Waals surface area contributed by atoms with Crippen molar-refractivity contribution in [2.75, 3.05) is 25.0 Å². The average molecular weight is 349 g/mol.